The number of carbonyl (C=O) groups excluding carboxylic acids is 1. The van der Waals surface area contributed by atoms with Gasteiger partial charge >= 0.3 is 6.18 Å². The quantitative estimate of drug-likeness (QED) is 0.866. The van der Waals surface area contributed by atoms with Gasteiger partial charge in [-0.05, 0) is 18.6 Å². The van der Waals surface area contributed by atoms with Gasteiger partial charge in [-0.3, -0.25) is 4.79 Å². The molecule has 0 aliphatic heterocycles. The third kappa shape index (κ3) is 2.67. The number of halogens is 3. The smallest absolute Gasteiger partial charge is 0.339 e. The number of hydrogen-bond donors (Lipinski definition) is 1. The third-order valence-electron chi connectivity index (χ3n) is 2.73. The Kier molecular flexibility index (Phi) is 3.42. The van der Waals surface area contributed by atoms with E-state index in [0.29, 0.717) is 29.7 Å². The zero-order chi connectivity index (χ0) is 14.0. The van der Waals surface area contributed by atoms with Crippen LogP contribution in [0.2, 0.25) is 0 Å². The highest BCUT2D eigenvalue weighted by Gasteiger charge is 2.30. The molecule has 0 aliphatic carbocycles. The Morgan fingerprint density at radius 1 is 1.37 bits per heavy atom. The number of aldehydes is 1. The fourth-order valence-corrected chi connectivity index (χ4v) is 1.82. The number of hydrogen-bond acceptors (Lipinski definition) is 2. The molecule has 0 bridgehead atoms. The minimum absolute atomic E-state index is 0.115. The second-order valence-electron chi connectivity index (χ2n) is 4.00. The zero-order valence-electron chi connectivity index (χ0n) is 10.1. The van der Waals surface area contributed by atoms with E-state index in [0.717, 1.165) is 12.1 Å². The predicted octanol–water partition coefficient (Wildman–Crippen LogP) is 3.47. The second kappa shape index (κ2) is 4.87. The molecule has 0 saturated heterocycles. The number of aryl methyl sites for hydroxylation is 1. The molecule has 0 aliphatic rings. The van der Waals surface area contributed by atoms with Crippen LogP contribution in [0.15, 0.2) is 24.3 Å². The van der Waals surface area contributed by atoms with Gasteiger partial charge in [-0.15, -0.1) is 0 Å². The van der Waals surface area contributed by atoms with Gasteiger partial charge in [0.05, 0.1) is 11.3 Å². The molecule has 0 unspecified atom stereocenters. The van der Waals surface area contributed by atoms with E-state index in [2.05, 4.69) is 9.97 Å². The first-order valence-corrected chi connectivity index (χ1v) is 5.67. The minimum Gasteiger partial charge on any atom is -0.339 e. The average molecular weight is 268 g/mol. The summed E-state index contributed by atoms with van der Waals surface area (Å²) in [6, 6.07) is 4.90. The number of imidazole rings is 1. The molecule has 19 heavy (non-hydrogen) atoms. The molecule has 0 saturated carbocycles. The number of H-pyrrole nitrogens is 1. The molecule has 1 N–H and O–H groups in total. The largest absolute Gasteiger partial charge is 0.416 e. The number of carbonyl (C=O) groups is 1. The third-order valence-corrected chi connectivity index (χ3v) is 2.73. The standard InChI is InChI=1S/C13H11F3N2O/c1-2-10-12(18-11(7-19)17-10)8-4-3-5-9(6-8)13(14,15)16/h3-7H,2H2,1H3,(H,17,18). The van der Waals surface area contributed by atoms with Crippen LogP contribution in [-0.4, -0.2) is 16.3 Å². The van der Waals surface area contributed by atoms with E-state index in [4.69, 9.17) is 0 Å². The maximum atomic E-state index is 12.7. The number of nitrogens with one attached hydrogen (secondary N) is 1. The van der Waals surface area contributed by atoms with Crippen LogP contribution in [0.1, 0.15) is 28.8 Å². The molecule has 1 aromatic heterocycles. The Morgan fingerprint density at radius 3 is 2.68 bits per heavy atom. The van der Waals surface area contributed by atoms with Crippen molar-refractivity contribution < 1.29 is 18.0 Å². The molecule has 3 nitrogen and oxygen atoms in total. The van der Waals surface area contributed by atoms with E-state index in [1.54, 1.807) is 6.07 Å². The molecule has 100 valence electrons. The van der Waals surface area contributed by atoms with Crippen molar-refractivity contribution in [2.45, 2.75) is 19.5 Å². The molecule has 6 heteroatoms. The summed E-state index contributed by atoms with van der Waals surface area (Å²) in [7, 11) is 0. The van der Waals surface area contributed by atoms with Crippen molar-refractivity contribution in [3.8, 4) is 11.3 Å². The lowest BCUT2D eigenvalue weighted by Gasteiger charge is -2.08. The fourth-order valence-electron chi connectivity index (χ4n) is 1.82. The first-order chi connectivity index (χ1) is 8.95. The van der Waals surface area contributed by atoms with Crippen molar-refractivity contribution in [1.29, 1.82) is 0 Å². The van der Waals surface area contributed by atoms with Crippen LogP contribution in [0.3, 0.4) is 0 Å². The molecule has 0 radical (unpaired) electrons. The maximum absolute atomic E-state index is 12.7. The Hall–Kier alpha value is -2.11. The Bertz CT molecular complexity index is 602. The highest BCUT2D eigenvalue weighted by Crippen LogP contribution is 2.32. The molecule has 2 aromatic rings. The van der Waals surface area contributed by atoms with E-state index in [1.807, 2.05) is 6.92 Å². The van der Waals surface area contributed by atoms with Crippen LogP contribution < -0.4 is 0 Å². The van der Waals surface area contributed by atoms with Crippen molar-refractivity contribution in [3.63, 3.8) is 0 Å². The summed E-state index contributed by atoms with van der Waals surface area (Å²) < 4.78 is 38.0. The Balaban J connectivity index is 2.53. The predicted molar refractivity (Wildman–Crippen MR) is 63.8 cm³/mol. The molecular formula is C13H11F3N2O. The first-order valence-electron chi connectivity index (χ1n) is 5.67. The summed E-state index contributed by atoms with van der Waals surface area (Å²) in [5, 5.41) is 0. The summed E-state index contributed by atoms with van der Waals surface area (Å²) >= 11 is 0. The average Bonchev–Trinajstić information content (AvgIpc) is 2.81. The molecule has 0 amide bonds. The zero-order valence-corrected chi connectivity index (χ0v) is 10.1. The van der Waals surface area contributed by atoms with Crippen LogP contribution in [-0.2, 0) is 12.6 Å². The fraction of sp³-hybridized carbons (Fsp3) is 0.231. The molecule has 2 rings (SSSR count). The number of benzene rings is 1. The number of aromatic nitrogens is 2. The van der Waals surface area contributed by atoms with Crippen LogP contribution in [0, 0.1) is 0 Å². The minimum atomic E-state index is -4.40. The van der Waals surface area contributed by atoms with Crippen molar-refractivity contribution in [2.24, 2.45) is 0 Å². The SMILES string of the molecule is CCc1[nH]c(C=O)nc1-c1cccc(C(F)(F)F)c1. The molecule has 0 spiro atoms. The maximum Gasteiger partial charge on any atom is 0.416 e. The van der Waals surface area contributed by atoms with Gasteiger partial charge < -0.3 is 4.98 Å². The molecule has 1 heterocycles. The van der Waals surface area contributed by atoms with Gasteiger partial charge in [-0.1, -0.05) is 19.1 Å². The number of alkyl halides is 3. The molecule has 0 atom stereocenters. The van der Waals surface area contributed by atoms with Gasteiger partial charge in [-0.2, -0.15) is 13.2 Å². The summed E-state index contributed by atoms with van der Waals surface area (Å²) in [6.45, 7) is 1.83. The Morgan fingerprint density at radius 2 is 2.11 bits per heavy atom. The van der Waals surface area contributed by atoms with E-state index < -0.39 is 11.7 Å². The summed E-state index contributed by atoms with van der Waals surface area (Å²) in [5.41, 5.74) is 0.635. The molecular weight excluding hydrogens is 257 g/mol. The number of aromatic amines is 1. The van der Waals surface area contributed by atoms with Crippen LogP contribution in [0.5, 0.6) is 0 Å². The lowest BCUT2D eigenvalue weighted by atomic mass is 10.1. The van der Waals surface area contributed by atoms with Gasteiger partial charge in [0.25, 0.3) is 0 Å². The van der Waals surface area contributed by atoms with Crippen molar-refractivity contribution in [3.05, 3.63) is 41.3 Å². The second-order valence-corrected chi connectivity index (χ2v) is 4.00. The van der Waals surface area contributed by atoms with E-state index in [-0.39, 0.29) is 5.82 Å². The first kappa shape index (κ1) is 13.3. The van der Waals surface area contributed by atoms with E-state index in [9.17, 15) is 18.0 Å². The van der Waals surface area contributed by atoms with Crippen molar-refractivity contribution >= 4 is 6.29 Å². The summed E-state index contributed by atoms with van der Waals surface area (Å²) in [4.78, 5) is 17.5. The van der Waals surface area contributed by atoms with Crippen LogP contribution in [0.25, 0.3) is 11.3 Å². The van der Waals surface area contributed by atoms with Gasteiger partial charge in [-0.25, -0.2) is 4.98 Å². The van der Waals surface area contributed by atoms with Gasteiger partial charge in [0.2, 0.25) is 0 Å². The monoisotopic (exact) mass is 268 g/mol. The lowest BCUT2D eigenvalue weighted by Crippen LogP contribution is -2.04. The van der Waals surface area contributed by atoms with Crippen LogP contribution >= 0.6 is 0 Å². The van der Waals surface area contributed by atoms with E-state index >= 15 is 0 Å². The Labute approximate surface area is 107 Å². The summed E-state index contributed by atoms with van der Waals surface area (Å²) in [6.07, 6.45) is -3.31. The topological polar surface area (TPSA) is 45.8 Å². The highest BCUT2D eigenvalue weighted by atomic mass is 19.4. The lowest BCUT2D eigenvalue weighted by molar-refractivity contribution is -0.137. The van der Waals surface area contributed by atoms with Crippen LogP contribution in [0.4, 0.5) is 13.2 Å². The van der Waals surface area contributed by atoms with Gasteiger partial charge in [0.15, 0.2) is 12.1 Å². The summed E-state index contributed by atoms with van der Waals surface area (Å²) in [5.74, 6) is 0.115. The van der Waals surface area contributed by atoms with Gasteiger partial charge in [0, 0.05) is 11.3 Å². The molecule has 0 fully saturated rings. The number of rotatable bonds is 3. The van der Waals surface area contributed by atoms with E-state index in [1.165, 1.54) is 6.07 Å². The van der Waals surface area contributed by atoms with Gasteiger partial charge in [0.1, 0.15) is 0 Å². The van der Waals surface area contributed by atoms with Crippen molar-refractivity contribution in [1.82, 2.24) is 9.97 Å². The molecule has 1 aromatic carbocycles. The normalized spacial score (nSPS) is 11.6. The highest BCUT2D eigenvalue weighted by molar-refractivity contribution is 5.73. The number of nitrogens with zero attached hydrogens (tertiary/aromatic N) is 1. The van der Waals surface area contributed by atoms with Crippen molar-refractivity contribution in [2.75, 3.05) is 0 Å².